The summed E-state index contributed by atoms with van der Waals surface area (Å²) >= 11 is 7.24. The van der Waals surface area contributed by atoms with Crippen LogP contribution >= 0.6 is 22.9 Å². The van der Waals surface area contributed by atoms with Crippen molar-refractivity contribution < 1.29 is 9.72 Å². The van der Waals surface area contributed by atoms with Crippen LogP contribution in [0.3, 0.4) is 0 Å². The molecule has 0 spiro atoms. The zero-order valence-electron chi connectivity index (χ0n) is 15.8. The van der Waals surface area contributed by atoms with E-state index < -0.39 is 10.8 Å². The van der Waals surface area contributed by atoms with Crippen LogP contribution in [0.15, 0.2) is 18.2 Å². The highest BCUT2D eigenvalue weighted by Gasteiger charge is 2.32. The molecule has 0 bridgehead atoms. The summed E-state index contributed by atoms with van der Waals surface area (Å²) in [6.07, 6.45) is 2.72. The lowest BCUT2D eigenvalue weighted by molar-refractivity contribution is -0.384. The van der Waals surface area contributed by atoms with Crippen molar-refractivity contribution in [2.45, 2.75) is 40.0 Å². The zero-order valence-corrected chi connectivity index (χ0v) is 17.4. The lowest BCUT2D eigenvalue weighted by Crippen LogP contribution is -2.26. The van der Waals surface area contributed by atoms with Crippen LogP contribution in [-0.2, 0) is 12.8 Å². The number of benzene rings is 1. The average Bonchev–Trinajstić information content (AvgIpc) is 2.97. The Hall–Kier alpha value is -2.43. The number of carbonyl (C=O) groups excluding carboxylic acids is 1. The molecule has 6 nitrogen and oxygen atoms in total. The van der Waals surface area contributed by atoms with Gasteiger partial charge in [-0.2, -0.15) is 5.26 Å². The molecule has 1 heterocycles. The van der Waals surface area contributed by atoms with Crippen molar-refractivity contribution in [2.24, 2.45) is 11.3 Å². The monoisotopic (exact) mass is 417 g/mol. The number of thiophene rings is 1. The summed E-state index contributed by atoms with van der Waals surface area (Å²) in [7, 11) is 0. The van der Waals surface area contributed by atoms with Gasteiger partial charge in [0.2, 0.25) is 0 Å². The van der Waals surface area contributed by atoms with E-state index >= 15 is 0 Å². The molecule has 0 saturated heterocycles. The molecule has 0 fully saturated rings. The van der Waals surface area contributed by atoms with Gasteiger partial charge in [0.25, 0.3) is 11.6 Å². The molecule has 0 radical (unpaired) electrons. The Morgan fingerprint density at radius 2 is 2.14 bits per heavy atom. The van der Waals surface area contributed by atoms with Crippen LogP contribution in [-0.4, -0.2) is 10.8 Å². The number of rotatable bonds is 3. The minimum atomic E-state index is -0.629. The van der Waals surface area contributed by atoms with Crippen LogP contribution in [0.5, 0.6) is 0 Å². The van der Waals surface area contributed by atoms with Gasteiger partial charge in [0.1, 0.15) is 16.1 Å². The van der Waals surface area contributed by atoms with Crippen molar-refractivity contribution in [3.63, 3.8) is 0 Å². The Morgan fingerprint density at radius 1 is 1.43 bits per heavy atom. The molecule has 3 rings (SSSR count). The molecule has 1 N–H and O–H groups in total. The second kappa shape index (κ2) is 7.53. The third-order valence-electron chi connectivity index (χ3n) is 5.23. The molecule has 1 unspecified atom stereocenters. The van der Waals surface area contributed by atoms with E-state index in [2.05, 4.69) is 32.2 Å². The molecule has 28 heavy (non-hydrogen) atoms. The maximum absolute atomic E-state index is 12.6. The minimum Gasteiger partial charge on any atom is -0.312 e. The first-order chi connectivity index (χ1) is 13.1. The predicted octanol–water partition coefficient (Wildman–Crippen LogP) is 5.58. The molecular weight excluding hydrogens is 398 g/mol. The van der Waals surface area contributed by atoms with E-state index in [1.54, 1.807) is 0 Å². The number of fused-ring (bicyclic) bond motifs is 1. The fraction of sp³-hybridized carbons (Fsp3) is 0.400. The van der Waals surface area contributed by atoms with Gasteiger partial charge in [-0.1, -0.05) is 32.4 Å². The van der Waals surface area contributed by atoms with E-state index in [1.807, 2.05) is 0 Å². The SMILES string of the molecule is CC(C)(C)C1CCc2c(sc(NC(=O)c3ccc(Cl)c([N+](=O)[O-])c3)c2C#N)C1. The molecule has 0 aliphatic heterocycles. The Balaban J connectivity index is 1.89. The number of nitriles is 1. The first kappa shape index (κ1) is 20.3. The normalized spacial score (nSPS) is 16.2. The van der Waals surface area contributed by atoms with Crippen molar-refractivity contribution in [2.75, 3.05) is 5.32 Å². The molecule has 1 aromatic heterocycles. The van der Waals surface area contributed by atoms with E-state index in [4.69, 9.17) is 11.6 Å². The van der Waals surface area contributed by atoms with Crippen molar-refractivity contribution in [3.05, 3.63) is 54.9 Å². The predicted molar refractivity (Wildman–Crippen MR) is 110 cm³/mol. The number of halogens is 1. The topological polar surface area (TPSA) is 96.0 Å². The number of hydrogen-bond donors (Lipinski definition) is 1. The smallest absolute Gasteiger partial charge is 0.288 e. The summed E-state index contributed by atoms with van der Waals surface area (Å²) in [6, 6.07) is 6.12. The van der Waals surface area contributed by atoms with Crippen molar-refractivity contribution in [1.29, 1.82) is 5.26 Å². The average molecular weight is 418 g/mol. The number of carbonyl (C=O) groups is 1. The quantitative estimate of drug-likeness (QED) is 0.520. The van der Waals surface area contributed by atoms with Crippen LogP contribution in [0.4, 0.5) is 10.7 Å². The third-order valence-corrected chi connectivity index (χ3v) is 6.72. The number of hydrogen-bond acceptors (Lipinski definition) is 5. The summed E-state index contributed by atoms with van der Waals surface area (Å²) in [5.41, 5.74) is 1.50. The molecule has 1 amide bonds. The number of nitro benzene ring substituents is 1. The highest BCUT2D eigenvalue weighted by atomic mass is 35.5. The van der Waals surface area contributed by atoms with Gasteiger partial charge in [-0.05, 0) is 48.3 Å². The molecule has 1 aliphatic rings. The maximum Gasteiger partial charge on any atom is 0.288 e. The third kappa shape index (κ3) is 3.89. The zero-order chi connectivity index (χ0) is 20.6. The van der Waals surface area contributed by atoms with E-state index in [0.717, 1.165) is 35.8 Å². The molecule has 1 atom stereocenters. The summed E-state index contributed by atoms with van der Waals surface area (Å²) in [6.45, 7) is 6.66. The number of nitrogens with one attached hydrogen (secondary N) is 1. The van der Waals surface area contributed by atoms with Gasteiger partial charge < -0.3 is 5.32 Å². The van der Waals surface area contributed by atoms with E-state index in [9.17, 15) is 20.2 Å². The largest absolute Gasteiger partial charge is 0.312 e. The Kier molecular flexibility index (Phi) is 5.46. The van der Waals surface area contributed by atoms with Crippen LogP contribution in [0.25, 0.3) is 0 Å². The molecule has 2 aromatic rings. The summed E-state index contributed by atoms with van der Waals surface area (Å²) in [4.78, 5) is 24.2. The lowest BCUT2D eigenvalue weighted by atomic mass is 9.72. The van der Waals surface area contributed by atoms with Crippen LogP contribution in [0, 0.1) is 32.8 Å². The second-order valence-corrected chi connectivity index (χ2v) is 9.52. The molecule has 0 saturated carbocycles. The summed E-state index contributed by atoms with van der Waals surface area (Å²) in [5, 5.41) is 23.9. The number of nitro groups is 1. The van der Waals surface area contributed by atoms with Crippen LogP contribution in [0.1, 0.15) is 53.6 Å². The van der Waals surface area contributed by atoms with Crippen LogP contribution < -0.4 is 5.32 Å². The van der Waals surface area contributed by atoms with E-state index in [0.29, 0.717) is 16.5 Å². The molecule has 8 heteroatoms. The summed E-state index contributed by atoms with van der Waals surface area (Å²) in [5.74, 6) is 0.0231. The molecular formula is C20H20ClN3O3S. The number of nitrogens with zero attached hydrogens (tertiary/aromatic N) is 2. The van der Waals surface area contributed by atoms with Crippen LogP contribution in [0.2, 0.25) is 5.02 Å². The highest BCUT2D eigenvalue weighted by Crippen LogP contribution is 2.44. The number of amides is 1. The summed E-state index contributed by atoms with van der Waals surface area (Å²) < 4.78 is 0. The lowest BCUT2D eigenvalue weighted by Gasteiger charge is -2.33. The second-order valence-electron chi connectivity index (χ2n) is 8.00. The Labute approximate surface area is 172 Å². The number of anilines is 1. The van der Waals surface area contributed by atoms with Crippen molar-refractivity contribution in [3.8, 4) is 6.07 Å². The standard InChI is InChI=1S/C20H20ClN3O3S/c1-20(2,3)12-5-6-13-14(10-22)19(28-17(13)9-12)23-18(25)11-4-7-15(21)16(8-11)24(26)27/h4,7-8,12H,5-6,9H2,1-3H3,(H,23,25). The van der Waals surface area contributed by atoms with Gasteiger partial charge in [0.15, 0.2) is 0 Å². The maximum atomic E-state index is 12.6. The van der Waals surface area contributed by atoms with E-state index in [1.165, 1.54) is 23.5 Å². The van der Waals surface area contributed by atoms with Gasteiger partial charge in [-0.3, -0.25) is 14.9 Å². The van der Waals surface area contributed by atoms with Gasteiger partial charge >= 0.3 is 0 Å². The van der Waals surface area contributed by atoms with Gasteiger partial charge in [0.05, 0.1) is 10.5 Å². The van der Waals surface area contributed by atoms with E-state index in [-0.39, 0.29) is 21.7 Å². The molecule has 1 aromatic carbocycles. The molecule has 1 aliphatic carbocycles. The minimum absolute atomic E-state index is 0.0286. The fourth-order valence-corrected chi connectivity index (χ4v) is 4.96. The fourth-order valence-electron chi connectivity index (χ4n) is 3.50. The Morgan fingerprint density at radius 3 is 2.75 bits per heavy atom. The van der Waals surface area contributed by atoms with Gasteiger partial charge in [-0.25, -0.2) is 0 Å². The van der Waals surface area contributed by atoms with Gasteiger partial charge in [0, 0.05) is 16.5 Å². The van der Waals surface area contributed by atoms with Crippen molar-refractivity contribution >= 4 is 39.5 Å². The first-order valence-electron chi connectivity index (χ1n) is 8.91. The first-order valence-corrected chi connectivity index (χ1v) is 10.1. The van der Waals surface area contributed by atoms with Gasteiger partial charge in [-0.15, -0.1) is 11.3 Å². The Bertz CT molecular complexity index is 1000. The highest BCUT2D eigenvalue weighted by molar-refractivity contribution is 7.16. The van der Waals surface area contributed by atoms with Crippen molar-refractivity contribution in [1.82, 2.24) is 0 Å². The molecule has 146 valence electrons.